The second-order valence-electron chi connectivity index (χ2n) is 5.40. The van der Waals surface area contributed by atoms with Crippen LogP contribution in [0.15, 0.2) is 30.3 Å². The van der Waals surface area contributed by atoms with Crippen molar-refractivity contribution in [1.29, 1.82) is 0 Å². The van der Waals surface area contributed by atoms with Crippen LogP contribution in [-0.2, 0) is 14.4 Å². The maximum absolute atomic E-state index is 11.8. The summed E-state index contributed by atoms with van der Waals surface area (Å²) >= 11 is 0. The van der Waals surface area contributed by atoms with Crippen LogP contribution in [0.5, 0.6) is 0 Å². The molecule has 0 spiro atoms. The second-order valence-corrected chi connectivity index (χ2v) is 5.40. The zero-order valence-corrected chi connectivity index (χ0v) is 12.7. The van der Waals surface area contributed by atoms with Gasteiger partial charge in [0.2, 0.25) is 17.7 Å². The van der Waals surface area contributed by atoms with Crippen LogP contribution in [-0.4, -0.2) is 41.8 Å². The minimum absolute atomic E-state index is 0.0846. The summed E-state index contributed by atoms with van der Waals surface area (Å²) in [5, 5.41) is 6.08. The van der Waals surface area contributed by atoms with E-state index in [1.807, 2.05) is 37.3 Å². The fourth-order valence-electron chi connectivity index (χ4n) is 2.31. The molecule has 2 rings (SSSR count). The first-order valence-corrected chi connectivity index (χ1v) is 7.47. The van der Waals surface area contributed by atoms with Crippen LogP contribution < -0.4 is 10.6 Å². The van der Waals surface area contributed by atoms with Gasteiger partial charge in [-0.2, -0.15) is 0 Å². The summed E-state index contributed by atoms with van der Waals surface area (Å²) in [5.41, 5.74) is 0.998. The lowest BCUT2D eigenvalue weighted by molar-refractivity contribution is -0.138. The number of imide groups is 1. The Hall–Kier alpha value is -2.37. The van der Waals surface area contributed by atoms with Crippen LogP contribution in [0.2, 0.25) is 0 Å². The van der Waals surface area contributed by atoms with E-state index in [2.05, 4.69) is 10.6 Å². The number of amides is 3. The molecule has 1 aromatic rings. The number of anilines is 1. The summed E-state index contributed by atoms with van der Waals surface area (Å²) in [6.07, 6.45) is 0.673. The number of nitrogens with one attached hydrogen (secondary N) is 2. The summed E-state index contributed by atoms with van der Waals surface area (Å²) in [7, 11) is 0. The van der Waals surface area contributed by atoms with Crippen LogP contribution in [0.4, 0.5) is 5.69 Å². The monoisotopic (exact) mass is 303 g/mol. The highest BCUT2D eigenvalue weighted by Gasteiger charge is 2.28. The Labute approximate surface area is 129 Å². The van der Waals surface area contributed by atoms with Crippen molar-refractivity contribution in [2.24, 2.45) is 0 Å². The topological polar surface area (TPSA) is 78.5 Å². The van der Waals surface area contributed by atoms with Crippen molar-refractivity contribution in [2.45, 2.75) is 32.2 Å². The molecule has 1 aliphatic rings. The van der Waals surface area contributed by atoms with E-state index in [-0.39, 0.29) is 49.6 Å². The predicted molar refractivity (Wildman–Crippen MR) is 83.1 cm³/mol. The third kappa shape index (κ3) is 4.58. The normalized spacial score (nSPS) is 15.8. The van der Waals surface area contributed by atoms with Gasteiger partial charge >= 0.3 is 0 Å². The van der Waals surface area contributed by atoms with Gasteiger partial charge in [-0.25, -0.2) is 0 Å². The minimum atomic E-state index is -0.183. The van der Waals surface area contributed by atoms with Crippen molar-refractivity contribution < 1.29 is 14.4 Å². The van der Waals surface area contributed by atoms with Crippen LogP contribution >= 0.6 is 0 Å². The Bertz CT molecular complexity index is 529. The molecular formula is C16H21N3O3. The molecule has 22 heavy (non-hydrogen) atoms. The van der Waals surface area contributed by atoms with Gasteiger partial charge in [0.25, 0.3) is 0 Å². The molecule has 3 amide bonds. The van der Waals surface area contributed by atoms with Gasteiger partial charge in [-0.3, -0.25) is 19.3 Å². The highest BCUT2D eigenvalue weighted by atomic mass is 16.2. The molecule has 1 heterocycles. The molecule has 0 aliphatic carbocycles. The van der Waals surface area contributed by atoms with Gasteiger partial charge in [0.05, 0.1) is 0 Å². The molecular weight excluding hydrogens is 282 g/mol. The molecule has 1 fully saturated rings. The number of para-hydroxylation sites is 1. The van der Waals surface area contributed by atoms with Crippen LogP contribution in [0, 0.1) is 0 Å². The summed E-state index contributed by atoms with van der Waals surface area (Å²) in [4.78, 5) is 35.8. The Morgan fingerprint density at radius 2 is 1.82 bits per heavy atom. The zero-order chi connectivity index (χ0) is 15.9. The van der Waals surface area contributed by atoms with Crippen LogP contribution in [0.1, 0.15) is 26.2 Å². The Morgan fingerprint density at radius 3 is 2.45 bits per heavy atom. The first-order valence-electron chi connectivity index (χ1n) is 7.47. The van der Waals surface area contributed by atoms with Crippen molar-refractivity contribution >= 4 is 23.4 Å². The number of hydrogen-bond acceptors (Lipinski definition) is 4. The van der Waals surface area contributed by atoms with E-state index in [1.165, 1.54) is 4.90 Å². The first-order chi connectivity index (χ1) is 10.6. The van der Waals surface area contributed by atoms with Crippen molar-refractivity contribution in [3.05, 3.63) is 30.3 Å². The summed E-state index contributed by atoms with van der Waals surface area (Å²) in [5.74, 6) is -0.525. The van der Waals surface area contributed by atoms with Gasteiger partial charge < -0.3 is 10.6 Å². The molecule has 1 aliphatic heterocycles. The van der Waals surface area contributed by atoms with E-state index < -0.39 is 0 Å². The molecule has 0 radical (unpaired) electrons. The minimum Gasteiger partial charge on any atom is -0.381 e. The average molecular weight is 303 g/mol. The van der Waals surface area contributed by atoms with Gasteiger partial charge in [-0.05, 0) is 19.1 Å². The van der Waals surface area contributed by atoms with Gasteiger partial charge in [0.1, 0.15) is 0 Å². The lowest BCUT2D eigenvalue weighted by atomic mass is 10.2. The molecule has 6 heteroatoms. The molecule has 2 N–H and O–H groups in total. The average Bonchev–Trinajstić information content (AvgIpc) is 2.83. The van der Waals surface area contributed by atoms with Crippen LogP contribution in [0.3, 0.4) is 0 Å². The summed E-state index contributed by atoms with van der Waals surface area (Å²) in [6.45, 7) is 2.63. The van der Waals surface area contributed by atoms with E-state index in [0.29, 0.717) is 6.54 Å². The fraction of sp³-hybridized carbons (Fsp3) is 0.438. The molecule has 0 saturated carbocycles. The third-order valence-corrected chi connectivity index (χ3v) is 3.51. The van der Waals surface area contributed by atoms with Gasteiger partial charge in [0.15, 0.2) is 0 Å². The largest absolute Gasteiger partial charge is 0.381 e. The number of nitrogens with zero attached hydrogens (tertiary/aromatic N) is 1. The van der Waals surface area contributed by atoms with Gasteiger partial charge in [0, 0.05) is 44.1 Å². The van der Waals surface area contributed by atoms with Crippen molar-refractivity contribution in [3.8, 4) is 0 Å². The first kappa shape index (κ1) is 16.0. The van der Waals surface area contributed by atoms with E-state index in [0.717, 1.165) is 5.69 Å². The Kier molecular flexibility index (Phi) is 5.52. The Morgan fingerprint density at radius 1 is 1.18 bits per heavy atom. The number of hydrogen-bond donors (Lipinski definition) is 2. The number of carbonyl (C=O) groups excluding carboxylic acids is 3. The maximum Gasteiger partial charge on any atom is 0.229 e. The molecule has 118 valence electrons. The SMILES string of the molecule is CC(CNC(=O)CCN1C(=O)CCC1=O)Nc1ccccc1. The van der Waals surface area contributed by atoms with Crippen molar-refractivity contribution in [1.82, 2.24) is 10.2 Å². The Balaban J connectivity index is 1.67. The smallest absolute Gasteiger partial charge is 0.229 e. The van der Waals surface area contributed by atoms with Crippen molar-refractivity contribution in [2.75, 3.05) is 18.4 Å². The summed E-state index contributed by atoms with van der Waals surface area (Å²) < 4.78 is 0. The third-order valence-electron chi connectivity index (χ3n) is 3.51. The quantitative estimate of drug-likeness (QED) is 0.741. The van der Waals surface area contributed by atoms with Crippen molar-refractivity contribution in [3.63, 3.8) is 0 Å². The fourth-order valence-corrected chi connectivity index (χ4v) is 2.31. The lowest BCUT2D eigenvalue weighted by Gasteiger charge is -2.17. The maximum atomic E-state index is 11.8. The van der Waals surface area contributed by atoms with E-state index in [4.69, 9.17) is 0 Å². The number of likely N-dealkylation sites (tertiary alicyclic amines) is 1. The highest BCUT2D eigenvalue weighted by Crippen LogP contribution is 2.11. The van der Waals surface area contributed by atoms with Gasteiger partial charge in [-0.15, -0.1) is 0 Å². The number of carbonyl (C=O) groups is 3. The number of benzene rings is 1. The lowest BCUT2D eigenvalue weighted by Crippen LogP contribution is -2.37. The van der Waals surface area contributed by atoms with Gasteiger partial charge in [-0.1, -0.05) is 18.2 Å². The molecule has 0 bridgehead atoms. The van der Waals surface area contributed by atoms with E-state index in [9.17, 15) is 14.4 Å². The van der Waals surface area contributed by atoms with Crippen LogP contribution in [0.25, 0.3) is 0 Å². The zero-order valence-electron chi connectivity index (χ0n) is 12.7. The standard InChI is InChI=1S/C16H21N3O3/c1-12(18-13-5-3-2-4-6-13)11-17-14(20)9-10-19-15(21)7-8-16(19)22/h2-6,12,18H,7-11H2,1H3,(H,17,20). The molecule has 1 unspecified atom stereocenters. The summed E-state index contributed by atoms with van der Waals surface area (Å²) in [6, 6.07) is 9.83. The molecule has 1 aromatic carbocycles. The molecule has 1 saturated heterocycles. The molecule has 6 nitrogen and oxygen atoms in total. The molecule has 1 atom stereocenters. The van der Waals surface area contributed by atoms with E-state index in [1.54, 1.807) is 0 Å². The number of rotatable bonds is 7. The second kappa shape index (κ2) is 7.59. The predicted octanol–water partition coefficient (Wildman–Crippen LogP) is 1.14. The molecule has 0 aromatic heterocycles. The van der Waals surface area contributed by atoms with E-state index >= 15 is 0 Å². The highest BCUT2D eigenvalue weighted by molar-refractivity contribution is 6.02.